The molecule has 14 heteroatoms. The highest BCUT2D eigenvalue weighted by Gasteiger charge is 2.34. The summed E-state index contributed by atoms with van der Waals surface area (Å²) in [6, 6.07) is 10.9. The van der Waals surface area contributed by atoms with Crippen molar-refractivity contribution in [1.82, 2.24) is 34.0 Å². The normalized spacial score (nSPS) is 13.9. The number of aromatic nitrogens is 6. The van der Waals surface area contributed by atoms with Crippen molar-refractivity contribution in [2.75, 3.05) is 50.0 Å². The fourth-order valence-electron chi connectivity index (χ4n) is 5.21. The molecule has 2 aromatic carbocycles. The molecule has 3 aromatic heterocycles. The number of alkyl halides is 3. The molecule has 0 radical (unpaired) electrons. The van der Waals surface area contributed by atoms with Gasteiger partial charge in [0.2, 0.25) is 5.95 Å². The minimum atomic E-state index is -4.61. The van der Waals surface area contributed by atoms with E-state index in [1.807, 2.05) is 13.0 Å². The number of nitrogens with zero attached hydrogens (tertiary/aromatic N) is 7. The van der Waals surface area contributed by atoms with Crippen LogP contribution in [0.15, 0.2) is 79.9 Å². The van der Waals surface area contributed by atoms with Crippen LogP contribution in [-0.2, 0) is 17.3 Å². The molecule has 1 saturated heterocycles. The number of carbonyl (C=O) groups is 1. The molecule has 0 unspecified atom stereocenters. The molecule has 0 atom stereocenters. The minimum absolute atomic E-state index is 0.0573. The Morgan fingerprint density at radius 3 is 2.63 bits per heavy atom. The predicted octanol–water partition coefficient (Wildman–Crippen LogP) is 5.09. The molecule has 1 fully saturated rings. The summed E-state index contributed by atoms with van der Waals surface area (Å²) >= 11 is 0. The summed E-state index contributed by atoms with van der Waals surface area (Å²) in [6.07, 6.45) is 4.21. The summed E-state index contributed by atoms with van der Waals surface area (Å²) < 4.78 is 50.2. The number of ether oxygens (including phenoxy) is 1. The zero-order chi connectivity index (χ0) is 32.1. The van der Waals surface area contributed by atoms with E-state index in [2.05, 4.69) is 35.5 Å². The number of morpholine rings is 1. The van der Waals surface area contributed by atoms with Gasteiger partial charge in [-0.2, -0.15) is 13.2 Å². The standard InChI is InChI=1S/C32H32F3N9O2/c1-22-2-4-24(28(45)17-23-3-5-27(43-10-6-36-21-43)25(16-23)32(33,34)35)18-26(22)41-31-38-8-11-44(31)30-19-29(39-20-40-30)37-7-9-42-12-14-46-15-13-42/h2-6,8,10-11,16,18-21H,7,9,12-15,17H2,1H3,(H,38,41)(H,37,39,40). The molecule has 1 aliphatic heterocycles. The quantitative estimate of drug-likeness (QED) is 0.193. The summed E-state index contributed by atoms with van der Waals surface area (Å²) in [4.78, 5) is 32.6. The number of ketones is 1. The molecule has 46 heavy (non-hydrogen) atoms. The van der Waals surface area contributed by atoms with Crippen LogP contribution in [0.25, 0.3) is 11.5 Å². The summed E-state index contributed by atoms with van der Waals surface area (Å²) in [5.41, 5.74) is 1.19. The number of anilines is 3. The van der Waals surface area contributed by atoms with Gasteiger partial charge >= 0.3 is 6.18 Å². The molecule has 0 aliphatic carbocycles. The van der Waals surface area contributed by atoms with Crippen LogP contribution in [0.1, 0.15) is 27.0 Å². The van der Waals surface area contributed by atoms with Gasteiger partial charge in [0.1, 0.15) is 18.0 Å². The molecule has 11 nitrogen and oxygen atoms in total. The van der Waals surface area contributed by atoms with Gasteiger partial charge in [0, 0.05) is 74.7 Å². The van der Waals surface area contributed by atoms with Crippen molar-refractivity contribution in [3.05, 3.63) is 102 Å². The highest BCUT2D eigenvalue weighted by Crippen LogP contribution is 2.35. The molecule has 1 aliphatic rings. The van der Waals surface area contributed by atoms with Gasteiger partial charge < -0.3 is 19.9 Å². The van der Waals surface area contributed by atoms with E-state index < -0.39 is 11.7 Å². The van der Waals surface area contributed by atoms with Crippen molar-refractivity contribution in [1.29, 1.82) is 0 Å². The largest absolute Gasteiger partial charge is 0.418 e. The van der Waals surface area contributed by atoms with Gasteiger partial charge in [-0.05, 0) is 36.2 Å². The number of halogens is 3. The van der Waals surface area contributed by atoms with E-state index in [4.69, 9.17) is 4.74 Å². The topological polar surface area (TPSA) is 115 Å². The summed E-state index contributed by atoms with van der Waals surface area (Å²) in [5, 5.41) is 6.62. The number of hydrogen-bond acceptors (Lipinski definition) is 9. The summed E-state index contributed by atoms with van der Waals surface area (Å²) in [5.74, 6) is 1.41. The van der Waals surface area contributed by atoms with Gasteiger partial charge in [0.25, 0.3) is 0 Å². The molecule has 4 heterocycles. The fourth-order valence-corrected chi connectivity index (χ4v) is 5.21. The monoisotopic (exact) mass is 631 g/mol. The number of benzene rings is 2. The Balaban J connectivity index is 1.16. The first-order valence-corrected chi connectivity index (χ1v) is 14.7. The van der Waals surface area contributed by atoms with E-state index >= 15 is 0 Å². The molecule has 238 valence electrons. The van der Waals surface area contributed by atoms with Crippen LogP contribution in [0.5, 0.6) is 0 Å². The highest BCUT2D eigenvalue weighted by molar-refractivity contribution is 5.98. The maximum atomic E-state index is 13.9. The van der Waals surface area contributed by atoms with Crippen LogP contribution in [0.3, 0.4) is 0 Å². The second kappa shape index (κ2) is 13.5. The Morgan fingerprint density at radius 1 is 1.00 bits per heavy atom. The SMILES string of the molecule is Cc1ccc(C(=O)Cc2ccc(-n3ccnc3)c(C(F)(F)F)c2)cc1Nc1nccn1-c1cc(NCCN2CCOCC2)ncn1. The van der Waals surface area contributed by atoms with Crippen molar-refractivity contribution in [3.8, 4) is 11.5 Å². The smallest absolute Gasteiger partial charge is 0.379 e. The molecule has 6 rings (SSSR count). The average molecular weight is 632 g/mol. The number of carbonyl (C=O) groups excluding carboxylic acids is 1. The van der Waals surface area contributed by atoms with Crippen molar-refractivity contribution in [2.45, 2.75) is 19.5 Å². The van der Waals surface area contributed by atoms with Crippen molar-refractivity contribution >= 4 is 23.2 Å². The van der Waals surface area contributed by atoms with Gasteiger partial charge in [0.05, 0.1) is 30.8 Å². The number of hydrogen-bond donors (Lipinski definition) is 2. The maximum absolute atomic E-state index is 13.9. The molecule has 5 aromatic rings. The Hall–Kier alpha value is -5.08. The highest BCUT2D eigenvalue weighted by atomic mass is 19.4. The summed E-state index contributed by atoms with van der Waals surface area (Å²) in [7, 11) is 0. The minimum Gasteiger partial charge on any atom is -0.379 e. The summed E-state index contributed by atoms with van der Waals surface area (Å²) in [6.45, 7) is 6.78. The van der Waals surface area contributed by atoms with Crippen LogP contribution in [0.2, 0.25) is 0 Å². The zero-order valence-corrected chi connectivity index (χ0v) is 25.0. The lowest BCUT2D eigenvalue weighted by Crippen LogP contribution is -2.39. The number of Topliss-reactive ketones (excluding diaryl/α,β-unsaturated/α-hetero) is 1. The molecule has 0 bridgehead atoms. The van der Waals surface area contributed by atoms with Crippen LogP contribution < -0.4 is 10.6 Å². The van der Waals surface area contributed by atoms with E-state index in [1.54, 1.807) is 35.2 Å². The molecule has 0 saturated carbocycles. The molecule has 2 N–H and O–H groups in total. The van der Waals surface area contributed by atoms with Gasteiger partial charge in [-0.1, -0.05) is 18.2 Å². The third-order valence-electron chi connectivity index (χ3n) is 7.70. The van der Waals surface area contributed by atoms with Crippen LogP contribution in [0.4, 0.5) is 30.6 Å². The Kier molecular flexibility index (Phi) is 9.08. The Labute approximate surface area is 263 Å². The zero-order valence-electron chi connectivity index (χ0n) is 25.0. The molecule has 0 amide bonds. The average Bonchev–Trinajstić information content (AvgIpc) is 3.75. The van der Waals surface area contributed by atoms with E-state index in [1.165, 1.54) is 41.7 Å². The third kappa shape index (κ3) is 7.24. The van der Waals surface area contributed by atoms with Gasteiger partial charge in [0.15, 0.2) is 5.78 Å². The molecular formula is C32H32F3N9O2. The van der Waals surface area contributed by atoms with Crippen molar-refractivity contribution in [2.24, 2.45) is 0 Å². The first-order chi connectivity index (χ1) is 22.2. The van der Waals surface area contributed by atoms with E-state index in [0.29, 0.717) is 28.8 Å². The first-order valence-electron chi connectivity index (χ1n) is 14.7. The van der Waals surface area contributed by atoms with Crippen LogP contribution in [-0.4, -0.2) is 79.1 Å². The number of imidazole rings is 2. The maximum Gasteiger partial charge on any atom is 0.418 e. The van der Waals surface area contributed by atoms with E-state index in [-0.39, 0.29) is 23.5 Å². The molecule has 0 spiro atoms. The van der Waals surface area contributed by atoms with Gasteiger partial charge in [-0.15, -0.1) is 0 Å². The first kappa shape index (κ1) is 30.9. The second-order valence-electron chi connectivity index (χ2n) is 10.8. The van der Waals surface area contributed by atoms with Crippen LogP contribution >= 0.6 is 0 Å². The van der Waals surface area contributed by atoms with E-state index in [9.17, 15) is 18.0 Å². The van der Waals surface area contributed by atoms with Gasteiger partial charge in [-0.25, -0.2) is 19.9 Å². The second-order valence-corrected chi connectivity index (χ2v) is 10.8. The lowest BCUT2D eigenvalue weighted by atomic mass is 9.99. The van der Waals surface area contributed by atoms with E-state index in [0.717, 1.165) is 51.0 Å². The molecular weight excluding hydrogens is 599 g/mol. The lowest BCUT2D eigenvalue weighted by molar-refractivity contribution is -0.137. The Bertz CT molecular complexity index is 1800. The fraction of sp³-hybridized carbons (Fsp3) is 0.281. The predicted molar refractivity (Wildman–Crippen MR) is 166 cm³/mol. The third-order valence-corrected chi connectivity index (χ3v) is 7.70. The number of rotatable bonds is 11. The van der Waals surface area contributed by atoms with Crippen molar-refractivity contribution < 1.29 is 22.7 Å². The lowest BCUT2D eigenvalue weighted by Gasteiger charge is -2.26. The number of aryl methyl sites for hydroxylation is 1. The van der Waals surface area contributed by atoms with Crippen LogP contribution in [0, 0.1) is 6.92 Å². The number of nitrogens with one attached hydrogen (secondary N) is 2. The Morgan fingerprint density at radius 2 is 1.85 bits per heavy atom. The van der Waals surface area contributed by atoms with Crippen molar-refractivity contribution in [3.63, 3.8) is 0 Å². The van der Waals surface area contributed by atoms with Gasteiger partial charge in [-0.3, -0.25) is 14.3 Å².